The molecule has 2 heterocycles. The van der Waals surface area contributed by atoms with Gasteiger partial charge in [0.05, 0.1) is 31.9 Å². The fraction of sp³-hybridized carbons (Fsp3) is 0.628. The quantitative estimate of drug-likeness (QED) is 0.112. The summed E-state index contributed by atoms with van der Waals surface area (Å²) in [6, 6.07) is -4.82. The largest absolute Gasteiger partial charge is 0.478 e. The molecule has 1 aliphatic heterocycles. The topological polar surface area (TPSA) is 257 Å². The zero-order valence-electron chi connectivity index (χ0n) is 35.7. The van der Waals surface area contributed by atoms with Gasteiger partial charge >= 0.3 is 17.9 Å². The number of pyridine rings is 1. The van der Waals surface area contributed by atoms with Gasteiger partial charge in [-0.1, -0.05) is 65.4 Å². The summed E-state index contributed by atoms with van der Waals surface area (Å²) in [5.74, 6) is -7.22. The number of nitrogens with one attached hydrogen (secondary N) is 4. The molecule has 4 rings (SSSR count). The molecule has 3 fully saturated rings. The van der Waals surface area contributed by atoms with Gasteiger partial charge in [0.1, 0.15) is 30.2 Å². The third kappa shape index (κ3) is 13.2. The Balaban J connectivity index is 1.58. The number of hydrogen-bond acceptors (Lipinski definition) is 12. The molecule has 1 aromatic rings. The van der Waals surface area contributed by atoms with Gasteiger partial charge in [-0.05, 0) is 61.8 Å². The first-order chi connectivity index (χ1) is 29.0. The van der Waals surface area contributed by atoms with Gasteiger partial charge in [-0.15, -0.1) is 0 Å². The number of amides is 5. The van der Waals surface area contributed by atoms with Crippen molar-refractivity contribution in [2.45, 2.75) is 134 Å². The van der Waals surface area contributed by atoms with Gasteiger partial charge in [0, 0.05) is 24.9 Å². The zero-order valence-corrected chi connectivity index (χ0v) is 35.7. The van der Waals surface area contributed by atoms with Crippen LogP contribution in [0.15, 0.2) is 30.6 Å². The van der Waals surface area contributed by atoms with Crippen molar-refractivity contribution in [3.05, 3.63) is 41.7 Å². The summed E-state index contributed by atoms with van der Waals surface area (Å²) in [4.78, 5) is 125. The lowest BCUT2D eigenvalue weighted by Crippen LogP contribution is -2.62. The zero-order chi connectivity index (χ0) is 44.9. The van der Waals surface area contributed by atoms with E-state index >= 15 is 0 Å². The Hall–Kier alpha value is -5.68. The molecule has 0 bridgehead atoms. The van der Waals surface area contributed by atoms with Gasteiger partial charge in [-0.25, -0.2) is 14.4 Å². The van der Waals surface area contributed by atoms with Crippen molar-refractivity contribution in [1.29, 1.82) is 0 Å². The number of carbonyl (C=O) groups excluding carboxylic acids is 8. The van der Waals surface area contributed by atoms with Gasteiger partial charge in [0.15, 0.2) is 5.78 Å². The summed E-state index contributed by atoms with van der Waals surface area (Å²) in [6.07, 6.45) is 12.7. The number of nitrogens with zero attached hydrogens (tertiary/aromatic N) is 2. The van der Waals surface area contributed by atoms with Crippen LogP contribution >= 0.6 is 0 Å². The number of hydrogen-bond donors (Lipinski definition) is 5. The number of ketones is 1. The predicted molar refractivity (Wildman–Crippen MR) is 218 cm³/mol. The minimum Gasteiger partial charge on any atom is -0.478 e. The van der Waals surface area contributed by atoms with Crippen molar-refractivity contribution in [3.63, 3.8) is 0 Å². The van der Waals surface area contributed by atoms with Gasteiger partial charge in [0.2, 0.25) is 23.6 Å². The maximum atomic E-state index is 14.5. The average molecular weight is 853 g/mol. The fourth-order valence-electron chi connectivity index (χ4n) is 8.31. The molecule has 1 saturated heterocycles. The first-order valence-electron chi connectivity index (χ1n) is 21.0. The van der Waals surface area contributed by atoms with Crippen molar-refractivity contribution in [2.24, 2.45) is 17.3 Å². The molecule has 0 unspecified atom stereocenters. The molecule has 0 spiro atoms. The van der Waals surface area contributed by atoms with Crippen LogP contribution in [0.4, 0.5) is 0 Å². The highest BCUT2D eigenvalue weighted by molar-refractivity contribution is 6.06. The van der Waals surface area contributed by atoms with Crippen LogP contribution in [0, 0.1) is 17.3 Å². The summed E-state index contributed by atoms with van der Waals surface area (Å²) in [6.45, 7) is 4.56. The molecule has 0 aromatic carbocycles. The number of Topliss-reactive ketones (excluding diaryl/α,β-unsaturated/α-hetero) is 1. The van der Waals surface area contributed by atoms with Gasteiger partial charge in [0.25, 0.3) is 5.91 Å². The molecule has 5 atom stereocenters. The molecular formula is C43H60N6O12. The average Bonchev–Trinajstić information content (AvgIpc) is 3.65. The molecule has 5 amide bonds. The fourth-order valence-corrected chi connectivity index (χ4v) is 8.31. The Morgan fingerprint density at radius 1 is 0.836 bits per heavy atom. The molecule has 2 aliphatic carbocycles. The second kappa shape index (κ2) is 22.2. The summed E-state index contributed by atoms with van der Waals surface area (Å²) in [5, 5.41) is 20.6. The Bertz CT molecular complexity index is 1830. The molecule has 1 aromatic heterocycles. The summed E-state index contributed by atoms with van der Waals surface area (Å²) < 4.78 is 9.68. The third-order valence-corrected chi connectivity index (χ3v) is 11.7. The molecule has 3 aliphatic rings. The van der Waals surface area contributed by atoms with Gasteiger partial charge < -0.3 is 40.7 Å². The van der Waals surface area contributed by atoms with E-state index in [9.17, 15) is 48.3 Å². The lowest BCUT2D eigenvalue weighted by Gasteiger charge is -2.37. The number of carboxylic acid groups (broad SMARTS) is 1. The SMILES string of the molecule is COC(=O)/C=C/CC[C@H](NC(=O)c1ccncc1C(=O)O)C(=O)N[C@H](C(=O)N1CC(=O)C[C@H]1C(=O)N[C@H](C(=O)N[C@H](C(=O)OC)C1CCCCC1)C1CCCCC1)C(C)(C)C. The highest BCUT2D eigenvalue weighted by Crippen LogP contribution is 2.31. The lowest BCUT2D eigenvalue weighted by molar-refractivity contribution is -0.148. The van der Waals surface area contributed by atoms with Crippen LogP contribution < -0.4 is 21.3 Å². The van der Waals surface area contributed by atoms with E-state index in [1.54, 1.807) is 20.8 Å². The van der Waals surface area contributed by atoms with E-state index in [0.29, 0.717) is 12.8 Å². The molecule has 18 nitrogen and oxygen atoms in total. The highest BCUT2D eigenvalue weighted by Gasteiger charge is 2.46. The Kier molecular flexibility index (Phi) is 17.5. The highest BCUT2D eigenvalue weighted by atomic mass is 16.5. The molecular weight excluding hydrogens is 793 g/mol. The standard InChI is InChI=1S/C43H60N6O12/c1-43(2,3)35(48-37(53)30(18-12-13-19-32(51)60-4)45-36(52)28-20-21-44-23-29(28)41(57)58)40(56)49-24-27(50)22-31(49)38(54)46-33(25-14-8-6-9-15-25)39(55)47-34(42(59)61-5)26-16-10-7-11-17-26/h13,19-21,23,25-26,30-31,33-35H,6-12,14-18,22,24H2,1-5H3,(H,45,52)(H,46,54)(H,47,55)(H,48,53)(H,57,58)/b19-13+/t30-,31-,33-,34-,35+/m0/s1. The number of esters is 2. The molecule has 2 saturated carbocycles. The third-order valence-electron chi connectivity index (χ3n) is 11.7. The van der Waals surface area contributed by atoms with Crippen LogP contribution in [0.25, 0.3) is 0 Å². The number of ether oxygens (including phenoxy) is 2. The second-order valence-electron chi connectivity index (χ2n) is 17.1. The summed E-state index contributed by atoms with van der Waals surface area (Å²) in [5.41, 5.74) is -1.70. The van der Waals surface area contributed by atoms with Crippen molar-refractivity contribution in [3.8, 4) is 0 Å². The van der Waals surface area contributed by atoms with Crippen LogP contribution in [0.1, 0.15) is 125 Å². The molecule has 0 radical (unpaired) electrons. The number of aromatic nitrogens is 1. The minimum absolute atomic E-state index is 0.0728. The Morgan fingerprint density at radius 2 is 1.46 bits per heavy atom. The number of rotatable bonds is 17. The smallest absolute Gasteiger partial charge is 0.338 e. The van der Waals surface area contributed by atoms with Gasteiger partial charge in [-0.3, -0.25) is 33.8 Å². The van der Waals surface area contributed by atoms with Crippen molar-refractivity contribution >= 4 is 53.2 Å². The number of carboxylic acids is 1. The normalized spacial score (nSPS) is 19.5. The molecule has 334 valence electrons. The summed E-state index contributed by atoms with van der Waals surface area (Å²) >= 11 is 0. The minimum atomic E-state index is -1.42. The van der Waals surface area contributed by atoms with Gasteiger partial charge in [-0.2, -0.15) is 0 Å². The monoisotopic (exact) mass is 852 g/mol. The van der Waals surface area contributed by atoms with E-state index in [2.05, 4.69) is 31.0 Å². The predicted octanol–water partition coefficient (Wildman–Crippen LogP) is 2.39. The van der Waals surface area contributed by atoms with E-state index in [4.69, 9.17) is 4.74 Å². The van der Waals surface area contributed by atoms with Crippen LogP contribution in [0.2, 0.25) is 0 Å². The van der Waals surface area contributed by atoms with Crippen molar-refractivity contribution in [1.82, 2.24) is 31.2 Å². The van der Waals surface area contributed by atoms with Crippen molar-refractivity contribution < 1.29 is 57.7 Å². The molecule has 18 heteroatoms. The van der Waals surface area contributed by atoms with E-state index in [1.165, 1.54) is 32.6 Å². The van der Waals surface area contributed by atoms with Crippen molar-refractivity contribution in [2.75, 3.05) is 20.8 Å². The summed E-state index contributed by atoms with van der Waals surface area (Å²) in [7, 11) is 2.46. The van der Waals surface area contributed by atoms with E-state index in [1.807, 2.05) is 0 Å². The lowest BCUT2D eigenvalue weighted by atomic mass is 9.81. The number of aromatic carboxylic acids is 1. The maximum Gasteiger partial charge on any atom is 0.338 e. The second-order valence-corrected chi connectivity index (χ2v) is 17.1. The van der Waals surface area contributed by atoms with Crippen LogP contribution in [0.5, 0.6) is 0 Å². The number of carbonyl (C=O) groups is 9. The Labute approximate surface area is 355 Å². The van der Waals surface area contributed by atoms with E-state index in [0.717, 1.165) is 68.5 Å². The maximum absolute atomic E-state index is 14.5. The Morgan fingerprint density at radius 3 is 2.03 bits per heavy atom. The number of likely N-dealkylation sites (tertiary alicyclic amines) is 1. The number of allylic oxidation sites excluding steroid dienone is 1. The van der Waals surface area contributed by atoms with Crippen LogP contribution in [-0.2, 0) is 43.0 Å². The molecule has 61 heavy (non-hydrogen) atoms. The van der Waals surface area contributed by atoms with E-state index in [-0.39, 0.29) is 36.7 Å². The van der Waals surface area contributed by atoms with Crippen LogP contribution in [-0.4, -0.2) is 119 Å². The van der Waals surface area contributed by atoms with Crippen LogP contribution in [0.3, 0.4) is 0 Å². The molecule has 5 N–H and O–H groups in total. The van der Waals surface area contributed by atoms with E-state index < -0.39 is 101 Å². The first kappa shape index (κ1) is 48.0. The number of methoxy groups -OCH3 is 2. The first-order valence-corrected chi connectivity index (χ1v) is 21.0.